The molecule has 6 atom stereocenters. The van der Waals surface area contributed by atoms with Gasteiger partial charge in [0, 0.05) is 39.2 Å². The molecule has 2 aliphatic heterocycles. The molecule has 12 heteroatoms. The fraction of sp³-hybridized carbons (Fsp3) is 0.500. The van der Waals surface area contributed by atoms with Crippen molar-refractivity contribution in [3.63, 3.8) is 0 Å². The van der Waals surface area contributed by atoms with Gasteiger partial charge in [-0.1, -0.05) is 0 Å². The van der Waals surface area contributed by atoms with Crippen molar-refractivity contribution in [1.29, 1.82) is 0 Å². The van der Waals surface area contributed by atoms with E-state index in [-0.39, 0.29) is 12.4 Å². The van der Waals surface area contributed by atoms with Gasteiger partial charge in [-0.05, 0) is 17.7 Å². The van der Waals surface area contributed by atoms with Gasteiger partial charge in [0.25, 0.3) is 5.91 Å². The Labute approximate surface area is 193 Å². The lowest BCUT2D eigenvalue weighted by Gasteiger charge is -2.50. The third-order valence-electron chi connectivity index (χ3n) is 5.72. The third kappa shape index (κ3) is 4.22. The Hall–Kier alpha value is -3.83. The molecule has 0 spiro atoms. The van der Waals surface area contributed by atoms with Crippen LogP contribution in [0.3, 0.4) is 0 Å². The number of benzene rings is 1. The zero-order valence-electron chi connectivity index (χ0n) is 18.8. The van der Waals surface area contributed by atoms with Crippen LogP contribution >= 0.6 is 0 Å². The maximum atomic E-state index is 13.0. The maximum absolute atomic E-state index is 13.0. The minimum Gasteiger partial charge on any atom is -0.458 e. The number of carbonyl (C=O) groups excluding carboxylic acids is 5. The van der Waals surface area contributed by atoms with E-state index < -0.39 is 66.2 Å². The summed E-state index contributed by atoms with van der Waals surface area (Å²) in [5.41, 5.74) is 0.622. The molecule has 12 nitrogen and oxygen atoms in total. The monoisotopic (exact) mass is 477 g/mol. The highest BCUT2D eigenvalue weighted by Crippen LogP contribution is 2.47. The van der Waals surface area contributed by atoms with Crippen molar-refractivity contribution >= 4 is 29.8 Å². The van der Waals surface area contributed by atoms with Crippen LogP contribution in [0.1, 0.15) is 49.5 Å². The quantitative estimate of drug-likeness (QED) is 0.472. The Morgan fingerprint density at radius 1 is 0.765 bits per heavy atom. The van der Waals surface area contributed by atoms with Crippen molar-refractivity contribution in [1.82, 2.24) is 5.32 Å². The molecule has 2 heterocycles. The summed E-state index contributed by atoms with van der Waals surface area (Å²) in [5.74, 6) is -3.57. The summed E-state index contributed by atoms with van der Waals surface area (Å²) in [7, 11) is 0. The molecule has 0 bridgehead atoms. The van der Waals surface area contributed by atoms with Gasteiger partial charge >= 0.3 is 23.9 Å². The van der Waals surface area contributed by atoms with Crippen molar-refractivity contribution in [2.24, 2.45) is 0 Å². The summed E-state index contributed by atoms with van der Waals surface area (Å²) in [6, 6.07) is 2.07. The average molecular weight is 477 g/mol. The van der Waals surface area contributed by atoms with Gasteiger partial charge in [-0.3, -0.25) is 24.0 Å². The molecule has 1 aliphatic carbocycles. The largest absolute Gasteiger partial charge is 0.458 e. The first-order chi connectivity index (χ1) is 16.1. The van der Waals surface area contributed by atoms with E-state index in [1.54, 1.807) is 6.07 Å². The predicted molar refractivity (Wildman–Crippen MR) is 109 cm³/mol. The molecule has 0 saturated heterocycles. The topological polar surface area (TPSA) is 153 Å². The zero-order chi connectivity index (χ0) is 24.7. The number of rotatable bonds is 4. The fourth-order valence-electron chi connectivity index (χ4n) is 4.71. The highest BCUT2D eigenvalue weighted by atomic mass is 16.7. The SMILES string of the molecule is CC(=O)O[C@@H]1[C@@H](OC(C)=O)[C@H](OC(C)=O)[C@@H]2c3cc4c(cc3C(=O)N[C@H]2[C@@H]1OC(C)=O)OCO4. The Balaban J connectivity index is 1.91. The van der Waals surface area contributed by atoms with Gasteiger partial charge in [-0.2, -0.15) is 0 Å². The third-order valence-corrected chi connectivity index (χ3v) is 5.72. The number of amides is 1. The van der Waals surface area contributed by atoms with Gasteiger partial charge < -0.3 is 33.7 Å². The highest BCUT2D eigenvalue weighted by molar-refractivity contribution is 5.98. The van der Waals surface area contributed by atoms with Crippen LogP contribution < -0.4 is 14.8 Å². The Morgan fingerprint density at radius 3 is 1.79 bits per heavy atom. The van der Waals surface area contributed by atoms with E-state index >= 15 is 0 Å². The van der Waals surface area contributed by atoms with Crippen molar-refractivity contribution in [2.75, 3.05) is 6.79 Å². The van der Waals surface area contributed by atoms with Gasteiger partial charge in [0.1, 0.15) is 0 Å². The van der Waals surface area contributed by atoms with Crippen LogP contribution in [0.25, 0.3) is 0 Å². The maximum Gasteiger partial charge on any atom is 0.303 e. The minimum absolute atomic E-state index is 0.0397. The molecular weight excluding hydrogens is 454 g/mol. The summed E-state index contributed by atoms with van der Waals surface area (Å²) in [4.78, 5) is 61.0. The lowest BCUT2D eigenvalue weighted by molar-refractivity contribution is -0.217. The molecule has 34 heavy (non-hydrogen) atoms. The van der Waals surface area contributed by atoms with Gasteiger partial charge in [-0.25, -0.2) is 0 Å². The first kappa shape index (κ1) is 23.3. The van der Waals surface area contributed by atoms with E-state index in [9.17, 15) is 24.0 Å². The molecule has 0 aromatic heterocycles. The van der Waals surface area contributed by atoms with Gasteiger partial charge in [0.15, 0.2) is 35.9 Å². The molecule has 0 unspecified atom stereocenters. The lowest BCUT2D eigenvalue weighted by Crippen LogP contribution is -2.69. The molecule has 3 aliphatic rings. The van der Waals surface area contributed by atoms with Crippen LogP contribution in [0.2, 0.25) is 0 Å². The fourth-order valence-corrected chi connectivity index (χ4v) is 4.71. The van der Waals surface area contributed by atoms with Gasteiger partial charge in [0.05, 0.1) is 6.04 Å². The molecular formula is C22H23NO11. The van der Waals surface area contributed by atoms with Crippen molar-refractivity contribution in [3.8, 4) is 11.5 Å². The van der Waals surface area contributed by atoms with Crippen LogP contribution in [0, 0.1) is 0 Å². The summed E-state index contributed by atoms with van der Waals surface area (Å²) in [5, 5.41) is 2.77. The first-order valence-electron chi connectivity index (χ1n) is 10.5. The molecule has 182 valence electrons. The Bertz CT molecular complexity index is 1070. The molecule has 1 fully saturated rings. The molecule has 1 saturated carbocycles. The summed E-state index contributed by atoms with van der Waals surface area (Å²) < 4.78 is 32.7. The number of fused-ring (bicyclic) bond motifs is 4. The van der Waals surface area contributed by atoms with Crippen molar-refractivity contribution in [3.05, 3.63) is 23.3 Å². The number of carbonyl (C=O) groups is 5. The van der Waals surface area contributed by atoms with Crippen LogP contribution in [0.15, 0.2) is 12.1 Å². The van der Waals surface area contributed by atoms with E-state index in [0.29, 0.717) is 17.1 Å². The smallest absolute Gasteiger partial charge is 0.303 e. The Kier molecular flexibility index (Phi) is 6.07. The van der Waals surface area contributed by atoms with E-state index in [2.05, 4.69) is 5.32 Å². The van der Waals surface area contributed by atoms with E-state index in [1.807, 2.05) is 0 Å². The molecule has 1 N–H and O–H groups in total. The number of ether oxygens (including phenoxy) is 6. The minimum atomic E-state index is -1.37. The molecule has 1 aromatic rings. The highest BCUT2D eigenvalue weighted by Gasteiger charge is 2.60. The second kappa shape index (κ2) is 8.84. The molecule has 1 aromatic carbocycles. The molecule has 4 rings (SSSR count). The number of hydrogen-bond acceptors (Lipinski definition) is 11. The molecule has 0 radical (unpaired) electrons. The summed E-state index contributed by atoms with van der Waals surface area (Å²) in [6.45, 7) is 4.54. The zero-order valence-corrected chi connectivity index (χ0v) is 18.8. The van der Waals surface area contributed by atoms with Crippen LogP contribution in [0.4, 0.5) is 0 Å². The number of hydrogen-bond donors (Lipinski definition) is 1. The van der Waals surface area contributed by atoms with Crippen LogP contribution in [0.5, 0.6) is 11.5 Å². The first-order valence-corrected chi connectivity index (χ1v) is 10.5. The van der Waals surface area contributed by atoms with Gasteiger partial charge in [0.2, 0.25) is 6.79 Å². The van der Waals surface area contributed by atoms with E-state index in [1.165, 1.54) is 13.0 Å². The number of nitrogens with one attached hydrogen (secondary N) is 1. The van der Waals surface area contributed by atoms with Crippen molar-refractivity contribution < 1.29 is 52.4 Å². The standard InChI is InChI=1S/C22H23NO11/c1-8(24)31-18-16-12-5-14-15(30-7-29-14)6-13(12)22(28)23-17(16)19(32-9(2)25)21(34-11(4)27)20(18)33-10(3)26/h5-6,16-21H,7H2,1-4H3,(H,23,28)/t16-,17-,18-,19+,20+,21+/m1/s1. The van der Waals surface area contributed by atoms with E-state index in [0.717, 1.165) is 20.8 Å². The van der Waals surface area contributed by atoms with Gasteiger partial charge in [-0.15, -0.1) is 0 Å². The summed E-state index contributed by atoms with van der Waals surface area (Å²) in [6.07, 6.45) is -5.18. The Morgan fingerprint density at radius 2 is 1.24 bits per heavy atom. The second-order valence-corrected chi connectivity index (χ2v) is 8.11. The second-order valence-electron chi connectivity index (χ2n) is 8.11. The number of esters is 4. The predicted octanol–water partition coefficient (Wildman–Crippen LogP) is 0.351. The molecule has 1 amide bonds. The van der Waals surface area contributed by atoms with E-state index in [4.69, 9.17) is 28.4 Å². The summed E-state index contributed by atoms with van der Waals surface area (Å²) >= 11 is 0. The normalized spacial score (nSPS) is 28.5. The van der Waals surface area contributed by atoms with Crippen LogP contribution in [-0.2, 0) is 38.1 Å². The van der Waals surface area contributed by atoms with Crippen LogP contribution in [-0.4, -0.2) is 67.0 Å². The van der Waals surface area contributed by atoms with Crippen molar-refractivity contribution in [2.45, 2.75) is 64.1 Å². The lowest BCUT2D eigenvalue weighted by atomic mass is 9.69. The average Bonchev–Trinajstić information content (AvgIpc) is 3.18.